The van der Waals surface area contributed by atoms with Gasteiger partial charge in [0.25, 0.3) is 0 Å². The Morgan fingerprint density at radius 3 is 2.12 bits per heavy atom. The predicted octanol–water partition coefficient (Wildman–Crippen LogP) is 8.31. The molecule has 0 bridgehead atoms. The van der Waals surface area contributed by atoms with Crippen LogP contribution in [-0.4, -0.2) is 68.9 Å². The molecule has 7 nitrogen and oxygen atoms in total. The van der Waals surface area contributed by atoms with Crippen LogP contribution < -0.4 is 0 Å². The smallest absolute Gasteiger partial charge is 0.185 e. The maximum atomic E-state index is 7.46. The molecule has 4 fully saturated rings. The molecule has 0 aromatic rings. The van der Waals surface area contributed by atoms with Gasteiger partial charge in [-0.05, 0) is 139 Å². The largest absolute Gasteiger partial charge is 0.414 e. The first-order valence-corrected chi connectivity index (χ1v) is 26.7. The van der Waals surface area contributed by atoms with Crippen LogP contribution in [-0.2, 0) is 23.0 Å². The molecule has 242 valence electrons. The van der Waals surface area contributed by atoms with Crippen molar-refractivity contribution in [3.8, 4) is 0 Å². The number of hydrogen-bond acceptors (Lipinski definition) is 7. The maximum Gasteiger partial charge on any atom is 0.185 e. The second kappa shape index (κ2) is 12.0. The molecule has 0 saturated heterocycles. The Morgan fingerprint density at radius 1 is 0.857 bits per heavy atom. The zero-order chi connectivity index (χ0) is 31.4. The summed E-state index contributed by atoms with van der Waals surface area (Å²) in [5.74, 6) is 2.36. The average molecular weight is 639 g/mol. The van der Waals surface area contributed by atoms with E-state index >= 15 is 0 Å². The third-order valence-electron chi connectivity index (χ3n) is 11.0. The van der Waals surface area contributed by atoms with Crippen LogP contribution in [0.2, 0.25) is 58.9 Å². The highest BCUT2D eigenvalue weighted by Gasteiger charge is 2.70. The Kier molecular flexibility index (Phi) is 9.82. The summed E-state index contributed by atoms with van der Waals surface area (Å²) in [5.41, 5.74) is 1.83. The lowest BCUT2D eigenvalue weighted by atomic mass is 9.43. The fourth-order valence-electron chi connectivity index (χ4n) is 9.75. The number of rotatable bonds is 10. The lowest BCUT2D eigenvalue weighted by molar-refractivity contribution is -0.171. The van der Waals surface area contributed by atoms with Crippen LogP contribution in [0.4, 0.5) is 0 Å². The van der Waals surface area contributed by atoms with Crippen LogP contribution in [0.25, 0.3) is 0 Å². The molecule has 0 aliphatic heterocycles. The summed E-state index contributed by atoms with van der Waals surface area (Å²) in [6.07, 6.45) is 9.13. The molecule has 42 heavy (non-hydrogen) atoms. The molecule has 0 aromatic heterocycles. The molecule has 10 heteroatoms. The summed E-state index contributed by atoms with van der Waals surface area (Å²) in [6, 6.07) is 0. The monoisotopic (exact) mass is 638 g/mol. The van der Waals surface area contributed by atoms with Crippen molar-refractivity contribution in [2.45, 2.75) is 136 Å². The molecule has 8 atom stereocenters. The Bertz CT molecular complexity index is 1030. The molecule has 4 rings (SSSR count). The van der Waals surface area contributed by atoms with E-state index in [0.717, 1.165) is 37.8 Å². The molecule has 0 amide bonds. The fraction of sp³-hybridized carbons (Fsp3) is 0.938. The van der Waals surface area contributed by atoms with Gasteiger partial charge in [0.05, 0.1) is 12.3 Å². The summed E-state index contributed by atoms with van der Waals surface area (Å²) in [6.45, 7) is 26.4. The summed E-state index contributed by atoms with van der Waals surface area (Å²) in [7, 11) is -2.27. The van der Waals surface area contributed by atoms with E-state index in [1.807, 2.05) is 0 Å². The fourth-order valence-corrected chi connectivity index (χ4v) is 13.0. The van der Waals surface area contributed by atoms with Gasteiger partial charge in [-0.15, -0.1) is 0 Å². The van der Waals surface area contributed by atoms with Crippen molar-refractivity contribution >= 4 is 36.4 Å². The first-order chi connectivity index (χ1) is 19.3. The highest BCUT2D eigenvalue weighted by molar-refractivity contribution is 6.70. The van der Waals surface area contributed by atoms with Crippen LogP contribution >= 0.6 is 0 Å². The van der Waals surface area contributed by atoms with Crippen molar-refractivity contribution in [2.75, 3.05) is 20.8 Å². The second-order valence-corrected chi connectivity index (χ2v) is 30.6. The topological polar surface area (TPSA) is 70.9 Å². The summed E-state index contributed by atoms with van der Waals surface area (Å²) < 4.78 is 21.4. The second-order valence-electron chi connectivity index (χ2n) is 17.2. The highest BCUT2D eigenvalue weighted by atomic mass is 28.4. The number of oxime groups is 2. The third kappa shape index (κ3) is 6.69. The van der Waals surface area contributed by atoms with Gasteiger partial charge in [0, 0.05) is 11.5 Å². The molecule has 0 aromatic carbocycles. The van der Waals surface area contributed by atoms with E-state index in [-0.39, 0.29) is 16.9 Å². The van der Waals surface area contributed by atoms with Crippen molar-refractivity contribution in [3.63, 3.8) is 0 Å². The number of nitrogens with zero attached hydrogens (tertiary/aromatic N) is 2. The molecule has 0 N–H and O–H groups in total. The van der Waals surface area contributed by atoms with Crippen molar-refractivity contribution in [2.24, 2.45) is 44.8 Å². The standard InChI is InChI=1S/C32H62N2O5Si3/c1-30-18-16-24(33-35-3)20-23(30)14-15-25-26-17-19-32(39-42(11,12)13,28(34-36-4)22-37-40(5,6)7)31(26,2)21-27(29(25)30)38-41(8,9)10/h23,25-27,29H,14-22H2,1-13H3/b33-24-,34-28+/t23?,25-,26-,27?,29+,30-,31-,32-/m0/s1. The maximum absolute atomic E-state index is 7.46. The summed E-state index contributed by atoms with van der Waals surface area (Å²) in [4.78, 5) is 10.8. The number of fused-ring (bicyclic) bond motifs is 5. The van der Waals surface area contributed by atoms with Gasteiger partial charge >= 0.3 is 0 Å². The SMILES string of the molecule is CO/N=C1/CC[C@@]2(C)C(CC[C@@H]3[C@@H]2C(O[Si](C)(C)C)C[C@@]2(C)[C@H]3CC[C@]2(O[Si](C)(C)C)/C(CO[Si](C)(C)C)=N/OC)C1. The van der Waals surface area contributed by atoms with E-state index in [0.29, 0.717) is 30.3 Å². The minimum absolute atomic E-state index is 0.112. The van der Waals surface area contributed by atoms with Crippen LogP contribution in [0.15, 0.2) is 10.3 Å². The van der Waals surface area contributed by atoms with E-state index in [1.165, 1.54) is 25.0 Å². The molecule has 4 aliphatic rings. The van der Waals surface area contributed by atoms with Crippen LogP contribution in [0.1, 0.15) is 65.2 Å². The van der Waals surface area contributed by atoms with E-state index in [4.69, 9.17) is 28.1 Å². The van der Waals surface area contributed by atoms with E-state index < -0.39 is 30.6 Å². The Balaban J connectivity index is 1.82. The van der Waals surface area contributed by atoms with Crippen molar-refractivity contribution in [1.82, 2.24) is 0 Å². The molecule has 0 radical (unpaired) electrons. The lowest BCUT2D eigenvalue weighted by Crippen LogP contribution is -2.66. The minimum atomic E-state index is -1.99. The Labute approximate surface area is 260 Å². The van der Waals surface area contributed by atoms with Gasteiger partial charge in [0.1, 0.15) is 25.5 Å². The van der Waals surface area contributed by atoms with Crippen molar-refractivity contribution in [3.05, 3.63) is 0 Å². The summed E-state index contributed by atoms with van der Waals surface area (Å²) in [5, 5.41) is 9.19. The lowest BCUT2D eigenvalue weighted by Gasteiger charge is -2.64. The Morgan fingerprint density at radius 2 is 1.55 bits per heavy atom. The molecule has 4 aliphatic carbocycles. The zero-order valence-electron chi connectivity index (χ0n) is 29.2. The predicted molar refractivity (Wildman–Crippen MR) is 181 cm³/mol. The van der Waals surface area contributed by atoms with Gasteiger partial charge in [-0.2, -0.15) is 0 Å². The average Bonchev–Trinajstić information content (AvgIpc) is 3.11. The van der Waals surface area contributed by atoms with Gasteiger partial charge in [-0.3, -0.25) is 0 Å². The Hall–Kier alpha value is -0.529. The zero-order valence-corrected chi connectivity index (χ0v) is 32.2. The van der Waals surface area contributed by atoms with Crippen molar-refractivity contribution < 1.29 is 23.0 Å². The molecule has 2 unspecified atom stereocenters. The van der Waals surface area contributed by atoms with Crippen LogP contribution in [0.5, 0.6) is 0 Å². The van der Waals surface area contributed by atoms with Crippen LogP contribution in [0, 0.1) is 34.5 Å². The van der Waals surface area contributed by atoms with Gasteiger partial charge in [0.15, 0.2) is 25.0 Å². The molecule has 4 saturated carbocycles. The highest BCUT2D eigenvalue weighted by Crippen LogP contribution is 2.70. The third-order valence-corrected chi connectivity index (χ3v) is 14.0. The van der Waals surface area contributed by atoms with E-state index in [9.17, 15) is 0 Å². The van der Waals surface area contributed by atoms with Gasteiger partial charge in [-0.25, -0.2) is 0 Å². The van der Waals surface area contributed by atoms with Crippen LogP contribution in [0.3, 0.4) is 0 Å². The molecular weight excluding hydrogens is 577 g/mol. The molecule has 0 spiro atoms. The van der Waals surface area contributed by atoms with E-state index in [2.05, 4.69) is 77.9 Å². The van der Waals surface area contributed by atoms with Gasteiger partial charge < -0.3 is 23.0 Å². The van der Waals surface area contributed by atoms with Gasteiger partial charge in [0.2, 0.25) is 0 Å². The molecule has 0 heterocycles. The molecular formula is C32H62N2O5Si3. The van der Waals surface area contributed by atoms with Gasteiger partial charge in [-0.1, -0.05) is 24.2 Å². The normalized spacial score (nSPS) is 40.4. The van der Waals surface area contributed by atoms with Crippen molar-refractivity contribution in [1.29, 1.82) is 0 Å². The quantitative estimate of drug-likeness (QED) is 0.137. The first kappa shape index (κ1) is 34.3. The first-order valence-electron chi connectivity index (χ1n) is 16.5. The minimum Gasteiger partial charge on any atom is -0.414 e. The summed E-state index contributed by atoms with van der Waals surface area (Å²) >= 11 is 0. The number of hydrogen-bond donors (Lipinski definition) is 0. The van der Waals surface area contributed by atoms with E-state index in [1.54, 1.807) is 14.2 Å².